The molecule has 0 amide bonds. The molecule has 1 aromatic carbocycles. The van der Waals surface area contributed by atoms with Crippen molar-refractivity contribution < 1.29 is 9.47 Å². The lowest BCUT2D eigenvalue weighted by Crippen LogP contribution is -2.24. The first kappa shape index (κ1) is 15.3. The van der Waals surface area contributed by atoms with Gasteiger partial charge in [-0.05, 0) is 19.0 Å². The summed E-state index contributed by atoms with van der Waals surface area (Å²) in [5, 5.41) is 3.43. The number of rotatable bonds is 6. The number of benzene rings is 1. The standard InChI is InChI=1S/C16H21N3O2/c1-5-17-14(12-8-6-7-11(2)9-12)15-16(21-4)19-13(20-3)10-18-15/h6-10,14,17H,5H2,1-4H3. The zero-order valence-electron chi connectivity index (χ0n) is 12.9. The zero-order chi connectivity index (χ0) is 15.2. The third-order valence-electron chi connectivity index (χ3n) is 3.20. The summed E-state index contributed by atoms with van der Waals surface area (Å²) in [5.41, 5.74) is 3.09. The molecule has 1 unspecified atom stereocenters. The molecule has 0 fully saturated rings. The van der Waals surface area contributed by atoms with Crippen LogP contribution in [0.2, 0.25) is 0 Å². The van der Waals surface area contributed by atoms with Gasteiger partial charge in [-0.1, -0.05) is 36.8 Å². The monoisotopic (exact) mass is 287 g/mol. The molecule has 0 bridgehead atoms. The van der Waals surface area contributed by atoms with Crippen molar-refractivity contribution in [2.45, 2.75) is 19.9 Å². The second kappa shape index (κ2) is 7.04. The highest BCUT2D eigenvalue weighted by Gasteiger charge is 2.21. The molecule has 112 valence electrons. The second-order valence-electron chi connectivity index (χ2n) is 4.71. The van der Waals surface area contributed by atoms with E-state index < -0.39 is 0 Å². The first-order valence-corrected chi connectivity index (χ1v) is 6.94. The van der Waals surface area contributed by atoms with Gasteiger partial charge in [0.1, 0.15) is 5.69 Å². The molecule has 0 saturated heterocycles. The van der Waals surface area contributed by atoms with Crippen LogP contribution in [-0.4, -0.2) is 30.7 Å². The van der Waals surface area contributed by atoms with Crippen molar-refractivity contribution in [2.75, 3.05) is 20.8 Å². The van der Waals surface area contributed by atoms with Gasteiger partial charge in [0.15, 0.2) is 0 Å². The van der Waals surface area contributed by atoms with Crippen LogP contribution >= 0.6 is 0 Å². The molecule has 1 heterocycles. The van der Waals surface area contributed by atoms with Crippen LogP contribution in [0.1, 0.15) is 29.8 Å². The molecule has 5 heteroatoms. The summed E-state index contributed by atoms with van der Waals surface area (Å²) >= 11 is 0. The van der Waals surface area contributed by atoms with Crippen molar-refractivity contribution in [3.05, 3.63) is 47.3 Å². The van der Waals surface area contributed by atoms with Gasteiger partial charge in [0.05, 0.1) is 26.5 Å². The van der Waals surface area contributed by atoms with Gasteiger partial charge in [-0.2, -0.15) is 4.98 Å². The van der Waals surface area contributed by atoms with Crippen LogP contribution < -0.4 is 14.8 Å². The molecule has 21 heavy (non-hydrogen) atoms. The molecule has 2 aromatic rings. The van der Waals surface area contributed by atoms with Gasteiger partial charge in [-0.15, -0.1) is 0 Å². The van der Waals surface area contributed by atoms with E-state index in [2.05, 4.69) is 47.3 Å². The minimum Gasteiger partial charge on any atom is -0.480 e. The largest absolute Gasteiger partial charge is 0.480 e. The molecule has 1 aromatic heterocycles. The molecular weight excluding hydrogens is 266 g/mol. The molecule has 0 aliphatic rings. The fourth-order valence-electron chi connectivity index (χ4n) is 2.24. The number of hydrogen-bond donors (Lipinski definition) is 1. The molecule has 5 nitrogen and oxygen atoms in total. The number of hydrogen-bond acceptors (Lipinski definition) is 5. The van der Waals surface area contributed by atoms with Gasteiger partial charge in [-0.3, -0.25) is 0 Å². The van der Waals surface area contributed by atoms with Crippen molar-refractivity contribution in [1.82, 2.24) is 15.3 Å². The van der Waals surface area contributed by atoms with E-state index >= 15 is 0 Å². The lowest BCUT2D eigenvalue weighted by molar-refractivity contribution is 0.352. The fourth-order valence-corrected chi connectivity index (χ4v) is 2.24. The lowest BCUT2D eigenvalue weighted by atomic mass is 10.0. The van der Waals surface area contributed by atoms with Crippen molar-refractivity contribution in [3.8, 4) is 11.8 Å². The molecule has 0 aliphatic carbocycles. The highest BCUT2D eigenvalue weighted by atomic mass is 16.5. The molecule has 2 rings (SSSR count). The Balaban J connectivity index is 2.47. The molecular formula is C16H21N3O2. The normalized spacial score (nSPS) is 12.0. The Morgan fingerprint density at radius 1 is 1.24 bits per heavy atom. The Hall–Kier alpha value is -2.14. The summed E-state index contributed by atoms with van der Waals surface area (Å²) in [6.45, 7) is 4.95. The first-order valence-electron chi connectivity index (χ1n) is 6.94. The van der Waals surface area contributed by atoms with E-state index in [1.807, 2.05) is 6.07 Å². The summed E-state index contributed by atoms with van der Waals surface area (Å²) < 4.78 is 10.5. The minimum absolute atomic E-state index is 0.0664. The summed E-state index contributed by atoms with van der Waals surface area (Å²) in [6.07, 6.45) is 1.61. The summed E-state index contributed by atoms with van der Waals surface area (Å²) in [7, 11) is 3.15. The molecule has 0 aliphatic heterocycles. The van der Waals surface area contributed by atoms with Gasteiger partial charge in [-0.25, -0.2) is 4.98 Å². The Morgan fingerprint density at radius 2 is 2.05 bits per heavy atom. The van der Waals surface area contributed by atoms with E-state index in [-0.39, 0.29) is 6.04 Å². The third kappa shape index (κ3) is 3.49. The highest BCUT2D eigenvalue weighted by Crippen LogP contribution is 2.28. The SMILES string of the molecule is CCNC(c1cccc(C)c1)c1ncc(OC)nc1OC. The van der Waals surface area contributed by atoms with Crippen molar-refractivity contribution >= 4 is 0 Å². The number of aromatic nitrogens is 2. The number of aryl methyl sites for hydroxylation is 1. The maximum absolute atomic E-state index is 5.37. The maximum Gasteiger partial charge on any atom is 0.240 e. The number of ether oxygens (including phenoxy) is 2. The van der Waals surface area contributed by atoms with Gasteiger partial charge in [0.2, 0.25) is 11.8 Å². The van der Waals surface area contributed by atoms with Crippen LogP contribution in [0.25, 0.3) is 0 Å². The highest BCUT2D eigenvalue weighted by molar-refractivity contribution is 5.36. The van der Waals surface area contributed by atoms with Gasteiger partial charge >= 0.3 is 0 Å². The first-order chi connectivity index (χ1) is 10.2. The predicted molar refractivity (Wildman–Crippen MR) is 81.8 cm³/mol. The molecule has 1 N–H and O–H groups in total. The second-order valence-corrected chi connectivity index (χ2v) is 4.71. The van der Waals surface area contributed by atoms with Crippen molar-refractivity contribution in [3.63, 3.8) is 0 Å². The zero-order valence-corrected chi connectivity index (χ0v) is 12.9. The molecule has 0 saturated carbocycles. The average Bonchev–Trinajstić information content (AvgIpc) is 2.52. The fraction of sp³-hybridized carbons (Fsp3) is 0.375. The van der Waals surface area contributed by atoms with Crippen molar-refractivity contribution in [1.29, 1.82) is 0 Å². The van der Waals surface area contributed by atoms with Gasteiger partial charge in [0, 0.05) is 0 Å². The summed E-state index contributed by atoms with van der Waals surface area (Å²) in [6, 6.07) is 8.26. The predicted octanol–water partition coefficient (Wildman–Crippen LogP) is 2.50. The Morgan fingerprint density at radius 3 is 2.67 bits per heavy atom. The Bertz CT molecular complexity index is 602. The van der Waals surface area contributed by atoms with E-state index in [9.17, 15) is 0 Å². The minimum atomic E-state index is -0.0664. The lowest BCUT2D eigenvalue weighted by Gasteiger charge is -2.20. The average molecular weight is 287 g/mol. The van der Waals surface area contributed by atoms with Crippen LogP contribution in [0.4, 0.5) is 0 Å². The Labute approximate surface area is 125 Å². The smallest absolute Gasteiger partial charge is 0.240 e. The number of nitrogens with one attached hydrogen (secondary N) is 1. The number of nitrogens with zero attached hydrogens (tertiary/aromatic N) is 2. The molecule has 0 spiro atoms. The van der Waals surface area contributed by atoms with Crippen LogP contribution in [-0.2, 0) is 0 Å². The third-order valence-corrected chi connectivity index (χ3v) is 3.20. The quantitative estimate of drug-likeness (QED) is 0.884. The van der Waals surface area contributed by atoms with Crippen LogP contribution in [0, 0.1) is 6.92 Å². The van der Waals surface area contributed by atoms with Crippen LogP contribution in [0.15, 0.2) is 30.5 Å². The van der Waals surface area contributed by atoms with E-state index in [1.54, 1.807) is 20.4 Å². The topological polar surface area (TPSA) is 56.3 Å². The van der Waals surface area contributed by atoms with E-state index in [1.165, 1.54) is 5.56 Å². The van der Waals surface area contributed by atoms with Gasteiger partial charge < -0.3 is 14.8 Å². The number of methoxy groups -OCH3 is 2. The summed E-state index contributed by atoms with van der Waals surface area (Å²) in [5.74, 6) is 0.914. The summed E-state index contributed by atoms with van der Waals surface area (Å²) in [4.78, 5) is 8.78. The van der Waals surface area contributed by atoms with Crippen molar-refractivity contribution in [2.24, 2.45) is 0 Å². The van der Waals surface area contributed by atoms with Gasteiger partial charge in [0.25, 0.3) is 0 Å². The van der Waals surface area contributed by atoms with E-state index in [0.717, 1.165) is 17.8 Å². The Kier molecular flexibility index (Phi) is 5.11. The van der Waals surface area contributed by atoms with Crippen LogP contribution in [0.3, 0.4) is 0 Å². The maximum atomic E-state index is 5.37. The van der Waals surface area contributed by atoms with Crippen LogP contribution in [0.5, 0.6) is 11.8 Å². The molecule has 1 atom stereocenters. The van der Waals surface area contributed by atoms with E-state index in [4.69, 9.17) is 9.47 Å². The molecule has 0 radical (unpaired) electrons. The van der Waals surface area contributed by atoms with E-state index in [0.29, 0.717) is 11.8 Å².